The van der Waals surface area contributed by atoms with E-state index in [9.17, 15) is 14.4 Å². The van der Waals surface area contributed by atoms with E-state index in [1.54, 1.807) is 32.3 Å². The van der Waals surface area contributed by atoms with Crippen molar-refractivity contribution in [3.63, 3.8) is 0 Å². The molecule has 4 rings (SSSR count). The first-order valence-electron chi connectivity index (χ1n) is 13.6. The van der Waals surface area contributed by atoms with Crippen LogP contribution in [0, 0.1) is 0 Å². The zero-order valence-electron chi connectivity index (χ0n) is 23.9. The number of rotatable bonds is 10. The summed E-state index contributed by atoms with van der Waals surface area (Å²) in [6.45, 7) is 0.257. The van der Waals surface area contributed by atoms with Crippen LogP contribution < -0.4 is 27.4 Å². The molecular weight excluding hydrogens is 560 g/mol. The molecule has 0 aliphatic heterocycles. The number of anilines is 1. The van der Waals surface area contributed by atoms with Crippen molar-refractivity contribution in [1.29, 1.82) is 0 Å². The molecule has 0 aromatic heterocycles. The van der Waals surface area contributed by atoms with Gasteiger partial charge in [0, 0.05) is 31.9 Å². The maximum Gasteiger partial charge on any atom is 0.312 e. The van der Waals surface area contributed by atoms with Crippen LogP contribution in [-0.2, 0) is 16.1 Å². The van der Waals surface area contributed by atoms with Crippen molar-refractivity contribution < 1.29 is 14.4 Å². The van der Waals surface area contributed by atoms with E-state index >= 15 is 0 Å². The van der Waals surface area contributed by atoms with Crippen molar-refractivity contribution in [1.82, 2.24) is 15.5 Å². The number of carbonyl (C=O) groups is 3. The Labute approximate surface area is 256 Å². The van der Waals surface area contributed by atoms with Gasteiger partial charge in [-0.1, -0.05) is 97.1 Å². The number of hydrogen-bond donors (Lipinski definition) is 5. The lowest BCUT2D eigenvalue weighted by atomic mass is 9.88. The van der Waals surface area contributed by atoms with E-state index in [1.807, 2.05) is 84.9 Å². The first kappa shape index (κ1) is 30.7. The first-order valence-corrected chi connectivity index (χ1v) is 14.0. The van der Waals surface area contributed by atoms with E-state index in [0.717, 1.165) is 22.3 Å². The topological polar surface area (TPSA) is 143 Å². The Morgan fingerprint density at radius 3 is 1.88 bits per heavy atom. The van der Waals surface area contributed by atoms with Gasteiger partial charge in [0.15, 0.2) is 5.11 Å². The Morgan fingerprint density at radius 1 is 0.791 bits per heavy atom. The molecule has 0 saturated heterocycles. The molecule has 9 nitrogen and oxygen atoms in total. The van der Waals surface area contributed by atoms with Crippen LogP contribution in [0.15, 0.2) is 103 Å². The number of thiocarbonyl (C=S) groups is 1. The number of amides is 4. The number of primary amides is 1. The summed E-state index contributed by atoms with van der Waals surface area (Å²) >= 11 is 5.15. The van der Waals surface area contributed by atoms with Crippen molar-refractivity contribution in [2.24, 2.45) is 11.5 Å². The third-order valence-electron chi connectivity index (χ3n) is 6.88. The van der Waals surface area contributed by atoms with Crippen molar-refractivity contribution in [3.05, 3.63) is 125 Å². The van der Waals surface area contributed by atoms with Gasteiger partial charge < -0.3 is 32.3 Å². The van der Waals surface area contributed by atoms with Crippen LogP contribution in [0.2, 0.25) is 0 Å². The Morgan fingerprint density at radius 2 is 1.37 bits per heavy atom. The van der Waals surface area contributed by atoms with Crippen molar-refractivity contribution in [2.45, 2.75) is 18.5 Å². The van der Waals surface area contributed by atoms with E-state index in [0.29, 0.717) is 16.8 Å². The van der Waals surface area contributed by atoms with Crippen LogP contribution >= 0.6 is 12.2 Å². The summed E-state index contributed by atoms with van der Waals surface area (Å²) in [5.74, 6) is -1.30. The molecule has 10 heteroatoms. The van der Waals surface area contributed by atoms with E-state index < -0.39 is 18.0 Å². The number of nitrogens with two attached hydrogens (primary N) is 2. The maximum absolute atomic E-state index is 14.2. The summed E-state index contributed by atoms with van der Waals surface area (Å²) in [4.78, 5) is 40.6. The quantitative estimate of drug-likeness (QED) is 0.174. The average molecular weight is 595 g/mol. The van der Waals surface area contributed by atoms with Crippen molar-refractivity contribution in [2.75, 3.05) is 19.4 Å². The number of urea groups is 1. The molecule has 0 spiro atoms. The van der Waals surface area contributed by atoms with Gasteiger partial charge in [0.1, 0.15) is 6.04 Å². The second-order valence-corrected chi connectivity index (χ2v) is 10.5. The zero-order chi connectivity index (χ0) is 30.9. The van der Waals surface area contributed by atoms with Gasteiger partial charge in [-0.3, -0.25) is 9.59 Å². The summed E-state index contributed by atoms with van der Waals surface area (Å²) in [6.07, 6.45) is 0. The van der Waals surface area contributed by atoms with Gasteiger partial charge in [-0.2, -0.15) is 0 Å². The van der Waals surface area contributed by atoms with Gasteiger partial charge in [0.25, 0.3) is 0 Å². The fourth-order valence-corrected chi connectivity index (χ4v) is 5.00. The standard InChI is InChI=1S/C33H34N6O3S/c1-39(2)31(41)29(38-30(40)27(22-10-5-3-6-11-22)23-12-7-4-8-13-23)25-14-9-15-26(37-33(35)43)28(25)24-18-16-21(17-19-24)20-36-32(34)42/h3-19,27,29H,20H2,1-2H3,(H,38,40)(H3,34,36,42)(H3,35,37,43). The molecule has 0 bridgehead atoms. The van der Waals surface area contributed by atoms with E-state index in [1.165, 1.54) is 4.90 Å². The Hall–Kier alpha value is -5.22. The third kappa shape index (κ3) is 7.75. The van der Waals surface area contributed by atoms with Gasteiger partial charge in [-0.15, -0.1) is 0 Å². The normalized spacial score (nSPS) is 11.3. The highest BCUT2D eigenvalue weighted by Crippen LogP contribution is 2.37. The lowest BCUT2D eigenvalue weighted by Crippen LogP contribution is -2.42. The molecule has 0 radical (unpaired) electrons. The zero-order valence-corrected chi connectivity index (χ0v) is 24.7. The summed E-state index contributed by atoms with van der Waals surface area (Å²) in [5.41, 5.74) is 16.0. The number of hydrogen-bond acceptors (Lipinski definition) is 4. The molecular formula is C33H34N6O3S. The predicted octanol–water partition coefficient (Wildman–Crippen LogP) is 4.26. The van der Waals surface area contributed by atoms with Crippen LogP contribution in [0.3, 0.4) is 0 Å². The molecule has 220 valence electrons. The highest BCUT2D eigenvalue weighted by atomic mass is 32.1. The molecule has 0 aliphatic carbocycles. The molecule has 7 N–H and O–H groups in total. The molecule has 0 heterocycles. The van der Waals surface area contributed by atoms with E-state index in [-0.39, 0.29) is 23.5 Å². The first-order chi connectivity index (χ1) is 20.7. The Bertz CT molecular complexity index is 1550. The van der Waals surface area contributed by atoms with Crippen molar-refractivity contribution in [3.8, 4) is 11.1 Å². The van der Waals surface area contributed by atoms with Crippen molar-refractivity contribution >= 4 is 40.9 Å². The lowest BCUT2D eigenvalue weighted by Gasteiger charge is -2.28. The fraction of sp³-hybridized carbons (Fsp3) is 0.152. The minimum Gasteiger partial charge on any atom is -0.376 e. The molecule has 0 aliphatic rings. The monoisotopic (exact) mass is 594 g/mol. The van der Waals surface area contributed by atoms with Gasteiger partial charge in [-0.25, -0.2) is 4.79 Å². The number of nitrogens with zero attached hydrogens (tertiary/aromatic N) is 1. The number of benzene rings is 4. The highest BCUT2D eigenvalue weighted by Gasteiger charge is 2.32. The molecule has 0 fully saturated rings. The summed E-state index contributed by atoms with van der Waals surface area (Å²) < 4.78 is 0. The lowest BCUT2D eigenvalue weighted by molar-refractivity contribution is -0.134. The molecule has 4 aromatic carbocycles. The Balaban J connectivity index is 1.82. The predicted molar refractivity (Wildman–Crippen MR) is 173 cm³/mol. The molecule has 4 amide bonds. The average Bonchev–Trinajstić information content (AvgIpc) is 2.99. The molecule has 1 atom stereocenters. The minimum atomic E-state index is -1.04. The van der Waals surface area contributed by atoms with Gasteiger partial charge in [0.05, 0.1) is 5.92 Å². The van der Waals surface area contributed by atoms with Gasteiger partial charge in [0.2, 0.25) is 11.8 Å². The maximum atomic E-state index is 14.2. The van der Waals surface area contributed by atoms with Gasteiger partial charge in [-0.05, 0) is 46.1 Å². The number of likely N-dealkylation sites (N-methyl/N-ethyl adjacent to an activating group) is 1. The largest absolute Gasteiger partial charge is 0.376 e. The third-order valence-corrected chi connectivity index (χ3v) is 6.98. The van der Waals surface area contributed by atoms with Crippen LogP contribution in [0.4, 0.5) is 10.5 Å². The highest BCUT2D eigenvalue weighted by molar-refractivity contribution is 7.80. The number of nitrogens with one attached hydrogen (secondary N) is 3. The van der Waals surface area contributed by atoms with Gasteiger partial charge >= 0.3 is 6.03 Å². The summed E-state index contributed by atoms with van der Waals surface area (Å²) in [6, 6.07) is 30.0. The van der Waals surface area contributed by atoms with Crippen LogP contribution in [0.1, 0.15) is 34.2 Å². The van der Waals surface area contributed by atoms with E-state index in [4.69, 9.17) is 23.7 Å². The molecule has 1 unspecified atom stereocenters. The molecule has 0 saturated carbocycles. The van der Waals surface area contributed by atoms with Crippen LogP contribution in [-0.4, -0.2) is 42.0 Å². The minimum absolute atomic E-state index is 0.0495. The van der Waals surface area contributed by atoms with Crippen LogP contribution in [0.5, 0.6) is 0 Å². The second-order valence-electron chi connectivity index (χ2n) is 10.1. The summed E-state index contributed by atoms with van der Waals surface area (Å²) in [5, 5.41) is 8.70. The fourth-order valence-electron chi connectivity index (χ4n) is 4.89. The van der Waals surface area contributed by atoms with E-state index in [2.05, 4.69) is 16.0 Å². The smallest absolute Gasteiger partial charge is 0.312 e. The number of carbonyl (C=O) groups excluding carboxylic acids is 3. The molecule has 4 aromatic rings. The second kappa shape index (κ2) is 14.1. The SMILES string of the molecule is CN(C)C(=O)C(NC(=O)C(c1ccccc1)c1ccccc1)c1cccc(NC(N)=S)c1-c1ccc(CNC(N)=O)cc1. The summed E-state index contributed by atoms with van der Waals surface area (Å²) in [7, 11) is 3.29. The van der Waals surface area contributed by atoms with Crippen LogP contribution in [0.25, 0.3) is 11.1 Å². The Kier molecular flexibility index (Phi) is 10.1. The molecule has 43 heavy (non-hydrogen) atoms.